The second-order valence-electron chi connectivity index (χ2n) is 18.4. The van der Waals surface area contributed by atoms with E-state index in [2.05, 4.69) is 187 Å². The first-order valence-corrected chi connectivity index (χ1v) is 24.5. The quantitative estimate of drug-likeness (QED) is 0.118. The minimum Gasteiger partial charge on any atom is -0.486 e. The molecule has 9 aromatic rings. The number of aryl methyl sites for hydroxylation is 2. The third-order valence-corrected chi connectivity index (χ3v) is 13.3. The van der Waals surface area contributed by atoms with Crippen LogP contribution in [0.2, 0.25) is 19.6 Å². The van der Waals surface area contributed by atoms with Gasteiger partial charge in [0.15, 0.2) is 0 Å². The van der Waals surface area contributed by atoms with Crippen molar-refractivity contribution in [3.05, 3.63) is 162 Å². The van der Waals surface area contributed by atoms with Gasteiger partial charge in [-0.3, -0.25) is 4.98 Å². The number of hydrogen-bond donors (Lipinski definition) is 0. The van der Waals surface area contributed by atoms with Gasteiger partial charge in [0, 0.05) is 42.9 Å². The van der Waals surface area contributed by atoms with Crippen LogP contribution in [0.3, 0.4) is 0 Å². The molecule has 0 aliphatic carbocycles. The van der Waals surface area contributed by atoms with Gasteiger partial charge in [0.25, 0.3) is 0 Å². The van der Waals surface area contributed by atoms with Crippen molar-refractivity contribution < 1.29 is 24.5 Å². The van der Waals surface area contributed by atoms with Crippen LogP contribution in [0.1, 0.15) is 56.9 Å². The molecule has 5 nitrogen and oxygen atoms in total. The van der Waals surface area contributed by atoms with Gasteiger partial charge in [-0.1, -0.05) is 119 Å². The number of fused-ring (bicyclic) bond motifs is 4. The fourth-order valence-corrected chi connectivity index (χ4v) is 9.78. The zero-order chi connectivity index (χ0) is 42.3. The molecule has 61 heavy (non-hydrogen) atoms. The number of pyridine rings is 2. The SMILES string of the molecule is CC(C)Cc1cc(-c2[c-]cccc2)ncc1[Si](C)(C)C.Cc1cccc(C)c1-c1ccc2c(n1)oc1c(-c3nc4ccccc4n3-c3ccc(C(C)(C)C)cc3)[c-]ccc12.[Ir]. The van der Waals surface area contributed by atoms with Crippen molar-refractivity contribution in [2.24, 2.45) is 5.92 Å². The Morgan fingerprint density at radius 3 is 2.13 bits per heavy atom. The fraction of sp³-hybridized carbons (Fsp3) is 0.241. The molecular formula is C54H54IrN4OSi-2. The third-order valence-electron chi connectivity index (χ3n) is 11.2. The van der Waals surface area contributed by atoms with Crippen LogP contribution in [0, 0.1) is 31.9 Å². The average molecular weight is 995 g/mol. The maximum Gasteiger partial charge on any atom is 0.216 e. The van der Waals surface area contributed by atoms with E-state index in [1.54, 1.807) is 0 Å². The summed E-state index contributed by atoms with van der Waals surface area (Å²) in [6.07, 6.45) is 3.24. The van der Waals surface area contributed by atoms with Gasteiger partial charge in [-0.2, -0.15) is 0 Å². The van der Waals surface area contributed by atoms with Gasteiger partial charge in [0.05, 0.1) is 36.2 Å². The zero-order valence-corrected chi connectivity index (χ0v) is 40.3. The summed E-state index contributed by atoms with van der Waals surface area (Å²) < 4.78 is 8.74. The molecule has 0 spiro atoms. The molecule has 0 amide bonds. The van der Waals surface area contributed by atoms with Crippen molar-refractivity contribution in [2.45, 2.75) is 79.9 Å². The van der Waals surface area contributed by atoms with E-state index in [-0.39, 0.29) is 25.5 Å². The van der Waals surface area contributed by atoms with E-state index >= 15 is 0 Å². The van der Waals surface area contributed by atoms with Crippen molar-refractivity contribution in [1.82, 2.24) is 19.5 Å². The predicted octanol–water partition coefficient (Wildman–Crippen LogP) is 13.7. The van der Waals surface area contributed by atoms with Crippen molar-refractivity contribution in [2.75, 3.05) is 0 Å². The maximum absolute atomic E-state index is 6.53. The first-order valence-electron chi connectivity index (χ1n) is 21.0. The molecule has 1 radical (unpaired) electrons. The van der Waals surface area contributed by atoms with Gasteiger partial charge in [0.1, 0.15) is 0 Å². The average Bonchev–Trinajstić information content (AvgIpc) is 3.79. The van der Waals surface area contributed by atoms with Crippen LogP contribution in [0.15, 0.2) is 132 Å². The largest absolute Gasteiger partial charge is 0.486 e. The topological polar surface area (TPSA) is 56.7 Å². The van der Waals surface area contributed by atoms with Crippen LogP contribution in [-0.4, -0.2) is 27.6 Å². The van der Waals surface area contributed by atoms with Gasteiger partial charge in [0.2, 0.25) is 5.71 Å². The maximum atomic E-state index is 6.53. The number of imidazole rings is 1. The molecule has 0 saturated carbocycles. The molecule has 0 aliphatic rings. The van der Waals surface area contributed by atoms with E-state index < -0.39 is 8.07 Å². The Kier molecular flexibility index (Phi) is 12.5. The molecule has 4 aromatic heterocycles. The molecule has 0 N–H and O–H groups in total. The Labute approximate surface area is 375 Å². The number of para-hydroxylation sites is 2. The number of rotatable bonds is 7. The summed E-state index contributed by atoms with van der Waals surface area (Å²) in [7, 11) is -1.34. The molecule has 5 aromatic carbocycles. The predicted molar refractivity (Wildman–Crippen MR) is 254 cm³/mol. The van der Waals surface area contributed by atoms with E-state index in [0.717, 1.165) is 73.4 Å². The fourth-order valence-electron chi connectivity index (χ4n) is 8.19. The standard InChI is InChI=1S/C36H30N3O.C18H24NSi.Ir/c1-22-10-8-11-23(2)32(22)30-21-20-27-26-12-9-13-28(33(26)40-35(27)38-30)34-37-29-14-6-7-15-31(29)39(34)25-18-16-24(17-19-25)36(3,4)5;1-14(2)11-16-12-17(15-9-7-6-8-10-15)19-13-18(16)20(3,4)5;/h6-12,14-21H,1-5H3;6-9,12-14H,11H2,1-5H3;/q2*-1;. The third kappa shape index (κ3) is 8.97. The van der Waals surface area contributed by atoms with Gasteiger partial charge in [-0.25, -0.2) is 4.98 Å². The molecule has 0 atom stereocenters. The molecule has 0 fully saturated rings. The van der Waals surface area contributed by atoms with Crippen molar-refractivity contribution in [3.63, 3.8) is 0 Å². The van der Waals surface area contributed by atoms with Crippen molar-refractivity contribution in [1.29, 1.82) is 0 Å². The minimum absolute atomic E-state index is 0. The molecule has 0 aliphatic heterocycles. The summed E-state index contributed by atoms with van der Waals surface area (Å²) in [4.78, 5) is 14.8. The first kappa shape index (κ1) is 43.6. The minimum atomic E-state index is -1.34. The van der Waals surface area contributed by atoms with Crippen LogP contribution in [0.25, 0.3) is 72.7 Å². The van der Waals surface area contributed by atoms with Crippen LogP contribution < -0.4 is 5.19 Å². The number of benzene rings is 5. The van der Waals surface area contributed by atoms with Crippen LogP contribution in [0.4, 0.5) is 0 Å². The summed E-state index contributed by atoms with van der Waals surface area (Å²) >= 11 is 0. The Balaban J connectivity index is 0.000000226. The van der Waals surface area contributed by atoms with E-state index in [1.807, 2.05) is 30.3 Å². The molecule has 0 saturated heterocycles. The Bertz CT molecular complexity index is 2950. The molecule has 0 bridgehead atoms. The van der Waals surface area contributed by atoms with Gasteiger partial charge in [-0.15, -0.1) is 54.1 Å². The van der Waals surface area contributed by atoms with E-state index in [4.69, 9.17) is 14.4 Å². The smallest absolute Gasteiger partial charge is 0.216 e. The Morgan fingerprint density at radius 2 is 1.46 bits per heavy atom. The summed E-state index contributed by atoms with van der Waals surface area (Å²) in [5.41, 5.74) is 14.6. The molecule has 9 rings (SSSR count). The second-order valence-corrected chi connectivity index (χ2v) is 23.5. The molecule has 0 unspecified atom stereocenters. The summed E-state index contributed by atoms with van der Waals surface area (Å²) in [5.74, 6) is 1.46. The number of hydrogen-bond acceptors (Lipinski definition) is 4. The molecule has 4 heterocycles. The summed E-state index contributed by atoms with van der Waals surface area (Å²) in [5, 5.41) is 3.48. The molecule has 7 heteroatoms. The second kappa shape index (κ2) is 17.5. The summed E-state index contributed by atoms with van der Waals surface area (Å²) in [6.45, 7) is 22.7. The summed E-state index contributed by atoms with van der Waals surface area (Å²) in [6, 6.07) is 48.6. The Morgan fingerprint density at radius 1 is 0.738 bits per heavy atom. The van der Waals surface area contributed by atoms with Crippen LogP contribution >= 0.6 is 0 Å². The van der Waals surface area contributed by atoms with Crippen molar-refractivity contribution >= 4 is 46.4 Å². The van der Waals surface area contributed by atoms with Gasteiger partial charge >= 0.3 is 0 Å². The number of furan rings is 1. The van der Waals surface area contributed by atoms with E-state index in [0.29, 0.717) is 11.6 Å². The normalized spacial score (nSPS) is 11.9. The van der Waals surface area contributed by atoms with Crippen molar-refractivity contribution in [3.8, 4) is 39.6 Å². The number of aromatic nitrogens is 4. The van der Waals surface area contributed by atoms with Gasteiger partial charge < -0.3 is 14.0 Å². The van der Waals surface area contributed by atoms with E-state index in [1.165, 1.54) is 27.4 Å². The van der Waals surface area contributed by atoms with E-state index in [9.17, 15) is 0 Å². The van der Waals surface area contributed by atoms with Gasteiger partial charge in [-0.05, 0) is 95.6 Å². The monoisotopic (exact) mass is 995 g/mol. The first-order chi connectivity index (χ1) is 28.7. The van der Waals surface area contributed by atoms with Crippen LogP contribution in [-0.2, 0) is 31.9 Å². The number of nitrogens with zero attached hydrogens (tertiary/aromatic N) is 4. The molecular weight excluding hydrogens is 941 g/mol. The van der Waals surface area contributed by atoms with Crippen LogP contribution in [0.5, 0.6) is 0 Å². The molecule has 311 valence electrons. The Hall–Kier alpha value is -5.46. The zero-order valence-electron chi connectivity index (χ0n) is 36.9.